The molecule has 3 saturated heterocycles. The van der Waals surface area contributed by atoms with Gasteiger partial charge in [0.05, 0.1) is 0 Å². The fourth-order valence-electron chi connectivity index (χ4n) is 4.34. The van der Waals surface area contributed by atoms with Crippen molar-refractivity contribution in [1.82, 2.24) is 9.80 Å². The number of hydrogen-bond donors (Lipinski definition) is 0. The summed E-state index contributed by atoms with van der Waals surface area (Å²) in [6.45, 7) is 4.37. The summed E-state index contributed by atoms with van der Waals surface area (Å²) in [6, 6.07) is 8.37. The van der Waals surface area contributed by atoms with Crippen molar-refractivity contribution in [2.45, 2.75) is 50.7 Å². The number of urea groups is 1. The number of rotatable bonds is 2. The predicted molar refractivity (Wildman–Crippen MR) is 88.4 cm³/mol. The molecule has 4 amide bonds. The van der Waals surface area contributed by atoms with E-state index in [9.17, 15) is 14.4 Å². The van der Waals surface area contributed by atoms with Crippen molar-refractivity contribution in [2.75, 3.05) is 11.4 Å². The van der Waals surface area contributed by atoms with Gasteiger partial charge in [-0.15, -0.1) is 0 Å². The zero-order chi connectivity index (χ0) is 17.1. The van der Waals surface area contributed by atoms with Gasteiger partial charge in [0.15, 0.2) is 0 Å². The lowest BCUT2D eigenvalue weighted by Gasteiger charge is -2.23. The van der Waals surface area contributed by atoms with E-state index in [2.05, 4.69) is 0 Å². The van der Waals surface area contributed by atoms with E-state index in [1.54, 1.807) is 9.80 Å². The molecular formula is C18H21N3O3. The number of fused-ring (bicyclic) bond motifs is 1. The van der Waals surface area contributed by atoms with Gasteiger partial charge in [-0.2, -0.15) is 0 Å². The highest BCUT2D eigenvalue weighted by atomic mass is 16.2. The maximum atomic E-state index is 13.0. The minimum atomic E-state index is -0.763. The number of benzene rings is 1. The molecule has 0 bridgehead atoms. The fraction of sp³-hybridized carbons (Fsp3) is 0.500. The molecule has 6 nitrogen and oxygen atoms in total. The van der Waals surface area contributed by atoms with Crippen LogP contribution in [0.4, 0.5) is 10.5 Å². The molecule has 3 aliphatic heterocycles. The first kappa shape index (κ1) is 15.2. The van der Waals surface area contributed by atoms with E-state index in [-0.39, 0.29) is 23.9 Å². The van der Waals surface area contributed by atoms with E-state index in [1.165, 1.54) is 4.90 Å². The standard InChI is InChI=1S/C18H21N3O3/c1-12-11-14(15(22)20(12)13-7-4-3-5-8-13)21-16(23)18(2)9-6-10-19(18)17(21)24/h3-5,7-8,12,14H,6,9-11H2,1-2H3/t12-,14+,18-/m0/s1. The zero-order valence-corrected chi connectivity index (χ0v) is 13.9. The van der Waals surface area contributed by atoms with Gasteiger partial charge in [0.2, 0.25) is 0 Å². The van der Waals surface area contributed by atoms with Gasteiger partial charge in [-0.05, 0) is 45.2 Å². The predicted octanol–water partition coefficient (Wildman–Crippen LogP) is 2.00. The number of amides is 4. The van der Waals surface area contributed by atoms with Crippen LogP contribution >= 0.6 is 0 Å². The average Bonchev–Trinajstić information content (AvgIpc) is 3.14. The lowest BCUT2D eigenvalue weighted by Crippen LogP contribution is -2.47. The molecule has 3 aliphatic rings. The van der Waals surface area contributed by atoms with Crippen LogP contribution in [0.5, 0.6) is 0 Å². The number of nitrogens with zero attached hydrogens (tertiary/aromatic N) is 3. The highest BCUT2D eigenvalue weighted by Gasteiger charge is 2.60. The Morgan fingerprint density at radius 2 is 1.79 bits per heavy atom. The summed E-state index contributed by atoms with van der Waals surface area (Å²) in [7, 11) is 0. The third-order valence-electron chi connectivity index (χ3n) is 5.63. The highest BCUT2D eigenvalue weighted by molar-refractivity contribution is 6.12. The second kappa shape index (κ2) is 5.06. The zero-order valence-electron chi connectivity index (χ0n) is 13.9. The molecule has 0 saturated carbocycles. The van der Waals surface area contributed by atoms with Crippen molar-refractivity contribution in [1.29, 1.82) is 0 Å². The summed E-state index contributed by atoms with van der Waals surface area (Å²) < 4.78 is 0. The lowest BCUT2D eigenvalue weighted by molar-refractivity contribution is -0.136. The van der Waals surface area contributed by atoms with Gasteiger partial charge in [0.1, 0.15) is 11.6 Å². The molecule has 6 heteroatoms. The van der Waals surface area contributed by atoms with Crippen LogP contribution in [0.15, 0.2) is 30.3 Å². The van der Waals surface area contributed by atoms with Gasteiger partial charge in [0.25, 0.3) is 11.8 Å². The van der Waals surface area contributed by atoms with Gasteiger partial charge in [0, 0.05) is 18.3 Å². The van der Waals surface area contributed by atoms with Crippen molar-refractivity contribution in [3.8, 4) is 0 Å². The van der Waals surface area contributed by atoms with Crippen LogP contribution in [0.1, 0.15) is 33.1 Å². The Kier molecular flexibility index (Phi) is 3.20. The van der Waals surface area contributed by atoms with E-state index in [0.29, 0.717) is 19.4 Å². The van der Waals surface area contributed by atoms with Crippen molar-refractivity contribution >= 4 is 23.5 Å². The fourth-order valence-corrected chi connectivity index (χ4v) is 4.34. The molecule has 0 unspecified atom stereocenters. The summed E-state index contributed by atoms with van der Waals surface area (Å²) in [5.74, 6) is -0.384. The van der Waals surface area contributed by atoms with Crippen molar-refractivity contribution in [2.24, 2.45) is 0 Å². The minimum Gasteiger partial charge on any atom is -0.310 e. The topological polar surface area (TPSA) is 60.9 Å². The molecule has 4 rings (SSSR count). The van der Waals surface area contributed by atoms with Gasteiger partial charge < -0.3 is 9.80 Å². The van der Waals surface area contributed by atoms with Crippen molar-refractivity contribution in [3.05, 3.63) is 30.3 Å². The van der Waals surface area contributed by atoms with Gasteiger partial charge in [-0.3, -0.25) is 9.59 Å². The maximum Gasteiger partial charge on any atom is 0.328 e. The first-order chi connectivity index (χ1) is 11.4. The summed E-state index contributed by atoms with van der Waals surface area (Å²) in [4.78, 5) is 43.2. The van der Waals surface area contributed by atoms with Crippen LogP contribution in [0.2, 0.25) is 0 Å². The smallest absolute Gasteiger partial charge is 0.310 e. The quantitative estimate of drug-likeness (QED) is 0.781. The molecule has 3 atom stereocenters. The minimum absolute atomic E-state index is 0.0475. The highest BCUT2D eigenvalue weighted by Crippen LogP contribution is 2.40. The molecule has 0 spiro atoms. The van der Waals surface area contributed by atoms with E-state index in [1.807, 2.05) is 44.2 Å². The van der Waals surface area contributed by atoms with E-state index in [4.69, 9.17) is 0 Å². The molecule has 3 heterocycles. The molecule has 0 radical (unpaired) electrons. The summed E-state index contributed by atoms with van der Waals surface area (Å²) >= 11 is 0. The van der Waals surface area contributed by atoms with Crippen LogP contribution in [-0.2, 0) is 9.59 Å². The number of hydrogen-bond acceptors (Lipinski definition) is 3. The monoisotopic (exact) mass is 327 g/mol. The third-order valence-corrected chi connectivity index (χ3v) is 5.63. The Hall–Kier alpha value is -2.37. The first-order valence-electron chi connectivity index (χ1n) is 8.48. The number of imide groups is 1. The first-order valence-corrected chi connectivity index (χ1v) is 8.48. The number of carbonyl (C=O) groups is 3. The normalized spacial score (nSPS) is 32.9. The van der Waals surface area contributed by atoms with Crippen LogP contribution < -0.4 is 4.90 Å². The second-order valence-electron chi connectivity index (χ2n) is 7.13. The number of para-hydroxylation sites is 1. The van der Waals surface area contributed by atoms with Crippen LogP contribution in [-0.4, -0.2) is 51.8 Å². The molecule has 126 valence electrons. The lowest BCUT2D eigenvalue weighted by atomic mass is 9.98. The molecule has 0 N–H and O–H groups in total. The number of anilines is 1. The summed E-state index contributed by atoms with van der Waals surface area (Å²) in [5, 5.41) is 0. The SMILES string of the molecule is C[C@H]1C[C@@H](N2C(=O)N3CCC[C@@]3(C)C2=O)C(=O)N1c1ccccc1. The molecule has 0 aliphatic carbocycles. The Bertz CT molecular complexity index is 719. The van der Waals surface area contributed by atoms with Gasteiger partial charge in [-0.1, -0.05) is 18.2 Å². The molecule has 24 heavy (non-hydrogen) atoms. The largest absolute Gasteiger partial charge is 0.328 e. The molecule has 0 aromatic heterocycles. The Morgan fingerprint density at radius 3 is 2.46 bits per heavy atom. The van der Waals surface area contributed by atoms with Crippen molar-refractivity contribution < 1.29 is 14.4 Å². The van der Waals surface area contributed by atoms with Gasteiger partial charge >= 0.3 is 6.03 Å². The second-order valence-corrected chi connectivity index (χ2v) is 7.13. The molecule has 3 fully saturated rings. The van der Waals surface area contributed by atoms with E-state index >= 15 is 0 Å². The van der Waals surface area contributed by atoms with Crippen LogP contribution in [0, 0.1) is 0 Å². The molecule has 1 aromatic carbocycles. The molecule has 1 aromatic rings. The van der Waals surface area contributed by atoms with Gasteiger partial charge in [-0.25, -0.2) is 9.69 Å². The van der Waals surface area contributed by atoms with E-state index in [0.717, 1.165) is 12.1 Å². The average molecular weight is 327 g/mol. The van der Waals surface area contributed by atoms with Crippen LogP contribution in [0.25, 0.3) is 0 Å². The Morgan fingerprint density at radius 1 is 1.08 bits per heavy atom. The Balaban J connectivity index is 1.65. The van der Waals surface area contributed by atoms with E-state index < -0.39 is 11.6 Å². The Labute approximate surface area is 141 Å². The van der Waals surface area contributed by atoms with Crippen LogP contribution in [0.3, 0.4) is 0 Å². The summed E-state index contributed by atoms with van der Waals surface area (Å²) in [6.07, 6.45) is 2.00. The molecular weight excluding hydrogens is 306 g/mol. The van der Waals surface area contributed by atoms with Crippen molar-refractivity contribution in [3.63, 3.8) is 0 Å². The maximum absolute atomic E-state index is 13.0. The number of carbonyl (C=O) groups excluding carboxylic acids is 3. The summed E-state index contributed by atoms with van der Waals surface area (Å²) in [5.41, 5.74) is 0.0455. The third kappa shape index (κ3) is 1.85.